The van der Waals surface area contributed by atoms with Crippen LogP contribution in [0, 0.1) is 5.92 Å². The summed E-state index contributed by atoms with van der Waals surface area (Å²) >= 11 is 6.09. The van der Waals surface area contributed by atoms with Gasteiger partial charge in [0.1, 0.15) is 0 Å². The van der Waals surface area contributed by atoms with Gasteiger partial charge in [-0.25, -0.2) is 8.42 Å². The predicted octanol–water partition coefficient (Wildman–Crippen LogP) is 2.36. The fourth-order valence-corrected chi connectivity index (χ4v) is 4.46. The van der Waals surface area contributed by atoms with Crippen LogP contribution >= 0.6 is 11.6 Å². The third-order valence-corrected chi connectivity index (χ3v) is 6.21. The molecule has 110 valence electrons. The summed E-state index contributed by atoms with van der Waals surface area (Å²) in [6.07, 6.45) is 4.23. The molecule has 6 heteroatoms. The van der Waals surface area contributed by atoms with Gasteiger partial charge in [-0.1, -0.05) is 17.7 Å². The number of halogens is 1. The topological polar surface area (TPSA) is 63.4 Å². The molecule has 2 fully saturated rings. The van der Waals surface area contributed by atoms with Crippen molar-refractivity contribution in [3.63, 3.8) is 0 Å². The molecule has 3 rings (SSSR count). The van der Waals surface area contributed by atoms with Gasteiger partial charge in [0.25, 0.3) is 0 Å². The molecule has 0 unspecified atom stereocenters. The molecule has 1 aromatic rings. The van der Waals surface area contributed by atoms with Crippen molar-refractivity contribution >= 4 is 21.6 Å². The van der Waals surface area contributed by atoms with E-state index in [4.69, 9.17) is 17.3 Å². The number of nitrogens with two attached hydrogens (primary N) is 1. The molecule has 0 aliphatic heterocycles. The van der Waals surface area contributed by atoms with Crippen molar-refractivity contribution in [2.75, 3.05) is 6.54 Å². The molecule has 4 nitrogen and oxygen atoms in total. The average Bonchev–Trinajstić information content (AvgIpc) is 3.27. The van der Waals surface area contributed by atoms with Crippen LogP contribution in [0.15, 0.2) is 23.1 Å². The van der Waals surface area contributed by atoms with Crippen molar-refractivity contribution in [2.24, 2.45) is 11.7 Å². The highest BCUT2D eigenvalue weighted by Gasteiger charge is 2.41. The Kier molecular flexibility index (Phi) is 3.79. The highest BCUT2D eigenvalue weighted by molar-refractivity contribution is 7.89. The lowest BCUT2D eigenvalue weighted by molar-refractivity contribution is 0.389. The number of hydrogen-bond donors (Lipinski definition) is 1. The van der Waals surface area contributed by atoms with Gasteiger partial charge in [-0.2, -0.15) is 4.31 Å². The zero-order valence-corrected chi connectivity index (χ0v) is 12.8. The number of sulfonamides is 1. The summed E-state index contributed by atoms with van der Waals surface area (Å²) in [5.74, 6) is 0.546. The minimum absolute atomic E-state index is 0.188. The molecule has 2 aliphatic rings. The minimum Gasteiger partial charge on any atom is -0.326 e. The van der Waals surface area contributed by atoms with Gasteiger partial charge in [-0.3, -0.25) is 0 Å². The van der Waals surface area contributed by atoms with E-state index in [1.165, 1.54) is 6.07 Å². The van der Waals surface area contributed by atoms with Crippen LogP contribution in [-0.2, 0) is 16.6 Å². The zero-order valence-electron chi connectivity index (χ0n) is 11.3. The zero-order chi connectivity index (χ0) is 14.3. The van der Waals surface area contributed by atoms with Crippen LogP contribution in [-0.4, -0.2) is 25.3 Å². The molecule has 0 radical (unpaired) electrons. The molecular weight excluding hydrogens is 296 g/mol. The summed E-state index contributed by atoms with van der Waals surface area (Å²) in [6, 6.07) is 5.04. The molecule has 0 bridgehead atoms. The molecule has 1 aromatic carbocycles. The number of nitrogens with zero attached hydrogens (tertiary/aromatic N) is 1. The Morgan fingerprint density at radius 3 is 2.45 bits per heavy atom. The second-order valence-corrected chi connectivity index (χ2v) is 8.00. The summed E-state index contributed by atoms with van der Waals surface area (Å²) < 4.78 is 27.2. The van der Waals surface area contributed by atoms with Crippen molar-refractivity contribution in [3.05, 3.63) is 28.8 Å². The van der Waals surface area contributed by atoms with E-state index in [2.05, 4.69) is 0 Å². The summed E-state index contributed by atoms with van der Waals surface area (Å²) in [5, 5.41) is 0.427. The Balaban J connectivity index is 1.90. The molecule has 2 saturated carbocycles. The Labute approximate surface area is 125 Å². The first-order chi connectivity index (χ1) is 9.52. The molecule has 20 heavy (non-hydrogen) atoms. The van der Waals surface area contributed by atoms with Gasteiger partial charge in [0.05, 0.1) is 4.90 Å². The Bertz CT molecular complexity index is 610. The number of benzene rings is 1. The Morgan fingerprint density at radius 1 is 1.25 bits per heavy atom. The maximum atomic E-state index is 12.8. The maximum Gasteiger partial charge on any atom is 0.243 e. The fourth-order valence-electron chi connectivity index (χ4n) is 2.35. The van der Waals surface area contributed by atoms with Gasteiger partial charge < -0.3 is 5.73 Å². The van der Waals surface area contributed by atoms with Gasteiger partial charge in [-0.15, -0.1) is 0 Å². The lowest BCUT2D eigenvalue weighted by Crippen LogP contribution is -2.35. The largest absolute Gasteiger partial charge is 0.326 e. The van der Waals surface area contributed by atoms with Gasteiger partial charge in [-0.05, 0) is 49.3 Å². The molecular formula is C14H19ClN2O2S. The van der Waals surface area contributed by atoms with Crippen LogP contribution in [0.2, 0.25) is 5.02 Å². The predicted molar refractivity (Wildman–Crippen MR) is 79.0 cm³/mol. The van der Waals surface area contributed by atoms with E-state index >= 15 is 0 Å². The first kappa shape index (κ1) is 14.3. The summed E-state index contributed by atoms with van der Waals surface area (Å²) in [6.45, 7) is 0.969. The van der Waals surface area contributed by atoms with E-state index < -0.39 is 10.0 Å². The molecule has 0 saturated heterocycles. The maximum absolute atomic E-state index is 12.8. The van der Waals surface area contributed by atoms with Crippen LogP contribution in [0.4, 0.5) is 0 Å². The van der Waals surface area contributed by atoms with E-state index in [1.54, 1.807) is 16.4 Å². The van der Waals surface area contributed by atoms with Crippen molar-refractivity contribution in [3.8, 4) is 0 Å². The molecule has 0 heterocycles. The van der Waals surface area contributed by atoms with Gasteiger partial charge in [0.2, 0.25) is 10.0 Å². The van der Waals surface area contributed by atoms with Crippen LogP contribution in [0.1, 0.15) is 31.2 Å². The molecule has 0 amide bonds. The van der Waals surface area contributed by atoms with Crippen LogP contribution < -0.4 is 5.73 Å². The SMILES string of the molecule is NCc1ccc(S(=O)(=O)N(CC2CC2)C2CC2)cc1Cl. The number of rotatable bonds is 6. The van der Waals surface area contributed by atoms with Gasteiger partial charge >= 0.3 is 0 Å². The summed E-state index contributed by atoms with van der Waals surface area (Å²) in [4.78, 5) is 0.284. The fraction of sp³-hybridized carbons (Fsp3) is 0.571. The molecule has 0 aromatic heterocycles. The third-order valence-electron chi connectivity index (χ3n) is 3.94. The molecule has 0 spiro atoms. The first-order valence-corrected chi connectivity index (χ1v) is 8.84. The first-order valence-electron chi connectivity index (χ1n) is 7.02. The lowest BCUT2D eigenvalue weighted by atomic mass is 10.2. The summed E-state index contributed by atoms with van der Waals surface area (Å²) in [5.41, 5.74) is 6.33. The molecule has 2 aliphatic carbocycles. The van der Waals surface area contributed by atoms with Gasteiger partial charge in [0, 0.05) is 24.2 Å². The van der Waals surface area contributed by atoms with Crippen molar-refractivity contribution in [2.45, 2.75) is 43.2 Å². The monoisotopic (exact) mass is 314 g/mol. The lowest BCUT2D eigenvalue weighted by Gasteiger charge is -2.22. The summed E-state index contributed by atoms with van der Waals surface area (Å²) in [7, 11) is -3.43. The van der Waals surface area contributed by atoms with Crippen molar-refractivity contribution < 1.29 is 8.42 Å². The van der Waals surface area contributed by atoms with Crippen LogP contribution in [0.25, 0.3) is 0 Å². The highest BCUT2D eigenvalue weighted by Crippen LogP contribution is 2.38. The van der Waals surface area contributed by atoms with Gasteiger partial charge in [0.15, 0.2) is 0 Å². The second-order valence-electron chi connectivity index (χ2n) is 5.71. The van der Waals surface area contributed by atoms with E-state index in [0.29, 0.717) is 24.0 Å². The Morgan fingerprint density at radius 2 is 1.95 bits per heavy atom. The van der Waals surface area contributed by atoms with Crippen molar-refractivity contribution in [1.29, 1.82) is 0 Å². The smallest absolute Gasteiger partial charge is 0.243 e. The van der Waals surface area contributed by atoms with Crippen LogP contribution in [0.5, 0.6) is 0 Å². The number of hydrogen-bond acceptors (Lipinski definition) is 3. The second kappa shape index (κ2) is 5.30. The average molecular weight is 315 g/mol. The Hall–Kier alpha value is -0.620. The van der Waals surface area contributed by atoms with E-state index in [-0.39, 0.29) is 10.9 Å². The quantitative estimate of drug-likeness (QED) is 0.876. The van der Waals surface area contributed by atoms with E-state index in [0.717, 1.165) is 31.2 Å². The molecule has 0 atom stereocenters. The highest BCUT2D eigenvalue weighted by atomic mass is 35.5. The minimum atomic E-state index is -3.43. The van der Waals surface area contributed by atoms with Crippen molar-refractivity contribution in [1.82, 2.24) is 4.31 Å². The van der Waals surface area contributed by atoms with E-state index in [9.17, 15) is 8.42 Å². The standard InChI is InChI=1S/C14H19ClN2O2S/c15-14-7-13(6-3-11(14)8-16)20(18,19)17(12-4-5-12)9-10-1-2-10/h3,6-7,10,12H,1-2,4-5,8-9,16H2. The van der Waals surface area contributed by atoms with Crippen LogP contribution in [0.3, 0.4) is 0 Å². The normalized spacial score (nSPS) is 19.6. The van der Waals surface area contributed by atoms with E-state index in [1.807, 2.05) is 0 Å². The third kappa shape index (κ3) is 2.86. The molecule has 2 N–H and O–H groups in total.